The van der Waals surface area contributed by atoms with Gasteiger partial charge >= 0.3 is 0 Å². The van der Waals surface area contributed by atoms with Gasteiger partial charge in [0.25, 0.3) is 5.91 Å². The van der Waals surface area contributed by atoms with Gasteiger partial charge in [-0.15, -0.1) is 5.10 Å². The molecule has 1 aliphatic rings. The zero-order valence-electron chi connectivity index (χ0n) is 16.9. The van der Waals surface area contributed by atoms with Gasteiger partial charge in [0.05, 0.1) is 10.0 Å². The number of amides is 1. The molecule has 0 aliphatic carbocycles. The Morgan fingerprint density at radius 1 is 1.11 bits per heavy atom. The van der Waals surface area contributed by atoms with Gasteiger partial charge in [0, 0.05) is 38.1 Å². The third-order valence-corrected chi connectivity index (χ3v) is 5.67. The van der Waals surface area contributed by atoms with Crippen LogP contribution in [0.3, 0.4) is 0 Å². The lowest BCUT2D eigenvalue weighted by atomic mass is 10.1. The Labute approximate surface area is 176 Å². The lowest BCUT2D eigenvalue weighted by Gasteiger charge is -2.34. The highest BCUT2D eigenvalue weighted by molar-refractivity contribution is 6.37. The Balaban J connectivity index is 1.86. The number of carbonyl (C=O) groups is 1. The number of halogens is 2. The number of para-hydroxylation sites is 1. The van der Waals surface area contributed by atoms with Crippen molar-refractivity contribution in [2.24, 2.45) is 0 Å². The van der Waals surface area contributed by atoms with Gasteiger partial charge < -0.3 is 4.90 Å². The highest BCUT2D eigenvalue weighted by Gasteiger charge is 2.28. The van der Waals surface area contributed by atoms with E-state index in [2.05, 4.69) is 35.8 Å². The number of hydrogen-bond acceptors (Lipinski definition) is 4. The second kappa shape index (κ2) is 8.39. The lowest BCUT2D eigenvalue weighted by Crippen LogP contribution is -2.44. The summed E-state index contributed by atoms with van der Waals surface area (Å²) in [4.78, 5) is 21.8. The van der Waals surface area contributed by atoms with Crippen LogP contribution in [0, 0.1) is 0 Å². The molecule has 1 amide bonds. The van der Waals surface area contributed by atoms with Gasteiger partial charge in [-0.1, -0.05) is 36.2 Å². The van der Waals surface area contributed by atoms with Crippen molar-refractivity contribution < 1.29 is 4.79 Å². The number of benzene rings is 1. The van der Waals surface area contributed by atoms with Crippen LogP contribution in [0.25, 0.3) is 5.69 Å². The van der Waals surface area contributed by atoms with E-state index in [1.807, 2.05) is 11.8 Å². The number of carbonyl (C=O) groups excluding carboxylic acids is 1. The van der Waals surface area contributed by atoms with Gasteiger partial charge in [0.1, 0.15) is 11.5 Å². The molecule has 6 nitrogen and oxygen atoms in total. The van der Waals surface area contributed by atoms with Crippen LogP contribution in [-0.2, 0) is 6.42 Å². The molecular weight excluding hydrogens is 397 g/mol. The van der Waals surface area contributed by atoms with Gasteiger partial charge in [-0.3, -0.25) is 9.69 Å². The molecule has 0 unspecified atom stereocenters. The molecule has 1 aliphatic heterocycles. The molecule has 152 valence electrons. The standard InChI is InChI=1S/C20H27Cl2N5O/c1-5-16-23-18(24-27(16)17-14(21)8-6-9-15(17)22)19(28)25-10-7-11-26(13-12-25)20(2,3)4/h6,8-9H,5,7,10-13H2,1-4H3. The Bertz CT molecular complexity index is 839. The van der Waals surface area contributed by atoms with Crippen LogP contribution in [0.1, 0.15) is 50.6 Å². The number of rotatable bonds is 3. The number of nitrogens with zero attached hydrogens (tertiary/aromatic N) is 5. The molecule has 1 saturated heterocycles. The molecule has 3 rings (SSSR count). The molecule has 1 aromatic carbocycles. The Morgan fingerprint density at radius 2 is 1.79 bits per heavy atom. The minimum absolute atomic E-state index is 0.0923. The topological polar surface area (TPSA) is 54.3 Å². The molecule has 0 radical (unpaired) electrons. The first-order valence-corrected chi connectivity index (χ1v) is 10.4. The molecule has 1 fully saturated rings. The summed E-state index contributed by atoms with van der Waals surface area (Å²) in [5.74, 6) is 0.703. The van der Waals surface area contributed by atoms with Gasteiger partial charge in [0.2, 0.25) is 5.82 Å². The summed E-state index contributed by atoms with van der Waals surface area (Å²) in [6.07, 6.45) is 1.54. The fraction of sp³-hybridized carbons (Fsp3) is 0.550. The van der Waals surface area contributed by atoms with Crippen LogP contribution in [-0.4, -0.2) is 62.2 Å². The van der Waals surface area contributed by atoms with Crippen LogP contribution in [0.2, 0.25) is 10.0 Å². The zero-order chi connectivity index (χ0) is 20.5. The fourth-order valence-electron chi connectivity index (χ4n) is 3.47. The van der Waals surface area contributed by atoms with Crippen LogP contribution in [0.15, 0.2) is 18.2 Å². The average molecular weight is 424 g/mol. The predicted molar refractivity (Wildman–Crippen MR) is 113 cm³/mol. The van der Waals surface area contributed by atoms with Crippen molar-refractivity contribution in [1.29, 1.82) is 0 Å². The molecule has 0 saturated carbocycles. The SMILES string of the molecule is CCc1nc(C(=O)N2CCCN(C(C)(C)C)CC2)nn1-c1c(Cl)cccc1Cl. The summed E-state index contributed by atoms with van der Waals surface area (Å²) >= 11 is 12.7. The maximum atomic E-state index is 13.1. The zero-order valence-corrected chi connectivity index (χ0v) is 18.4. The minimum Gasteiger partial charge on any atom is -0.335 e. The molecular formula is C20H27Cl2N5O. The minimum atomic E-state index is -0.146. The summed E-state index contributed by atoms with van der Waals surface area (Å²) in [5, 5.41) is 5.43. The van der Waals surface area contributed by atoms with E-state index in [-0.39, 0.29) is 17.3 Å². The third-order valence-electron chi connectivity index (χ3n) is 5.06. The van der Waals surface area contributed by atoms with Gasteiger partial charge in [-0.2, -0.15) is 0 Å². The summed E-state index contributed by atoms with van der Waals surface area (Å²) in [5.41, 5.74) is 0.652. The molecule has 0 bridgehead atoms. The molecule has 1 aromatic heterocycles. The van der Waals surface area contributed by atoms with Crippen molar-refractivity contribution >= 4 is 29.1 Å². The second-order valence-corrected chi connectivity index (χ2v) is 8.81. The highest BCUT2D eigenvalue weighted by Crippen LogP contribution is 2.29. The predicted octanol–water partition coefficient (Wildman–Crippen LogP) is 4.08. The quantitative estimate of drug-likeness (QED) is 0.745. The summed E-state index contributed by atoms with van der Waals surface area (Å²) in [6, 6.07) is 5.28. The molecule has 28 heavy (non-hydrogen) atoms. The van der Waals surface area contributed by atoms with Crippen LogP contribution in [0.4, 0.5) is 0 Å². The molecule has 0 spiro atoms. The monoisotopic (exact) mass is 423 g/mol. The number of aromatic nitrogens is 3. The van der Waals surface area contributed by atoms with Gasteiger partial charge in [-0.05, 0) is 39.3 Å². The second-order valence-electron chi connectivity index (χ2n) is 7.99. The van der Waals surface area contributed by atoms with Crippen molar-refractivity contribution in [1.82, 2.24) is 24.6 Å². The molecule has 0 atom stereocenters. The number of hydrogen-bond donors (Lipinski definition) is 0. The average Bonchev–Trinajstić information content (AvgIpc) is 2.87. The van der Waals surface area contributed by atoms with E-state index >= 15 is 0 Å². The van der Waals surface area contributed by atoms with E-state index in [4.69, 9.17) is 23.2 Å². The summed E-state index contributed by atoms with van der Waals surface area (Å²) in [6.45, 7) is 11.8. The first-order chi connectivity index (χ1) is 13.2. The van der Waals surface area contributed by atoms with E-state index in [0.717, 1.165) is 19.5 Å². The maximum Gasteiger partial charge on any atom is 0.293 e. The largest absolute Gasteiger partial charge is 0.335 e. The third kappa shape index (κ3) is 4.34. The lowest BCUT2D eigenvalue weighted by molar-refractivity contribution is 0.0737. The van der Waals surface area contributed by atoms with Gasteiger partial charge in [0.15, 0.2) is 0 Å². The summed E-state index contributed by atoms with van der Waals surface area (Å²) < 4.78 is 1.59. The van der Waals surface area contributed by atoms with Crippen molar-refractivity contribution in [2.75, 3.05) is 26.2 Å². The van der Waals surface area contributed by atoms with Crippen molar-refractivity contribution in [3.8, 4) is 5.69 Å². The molecule has 2 aromatic rings. The Morgan fingerprint density at radius 3 is 2.39 bits per heavy atom. The first-order valence-electron chi connectivity index (χ1n) is 9.67. The number of aryl methyl sites for hydroxylation is 1. The Hall–Kier alpha value is -1.63. The highest BCUT2D eigenvalue weighted by atomic mass is 35.5. The van der Waals surface area contributed by atoms with Gasteiger partial charge in [-0.25, -0.2) is 9.67 Å². The van der Waals surface area contributed by atoms with Crippen molar-refractivity contribution in [2.45, 2.75) is 46.1 Å². The van der Waals surface area contributed by atoms with E-state index in [9.17, 15) is 4.79 Å². The van der Waals surface area contributed by atoms with Crippen LogP contribution in [0.5, 0.6) is 0 Å². The van der Waals surface area contributed by atoms with Crippen molar-refractivity contribution in [3.63, 3.8) is 0 Å². The normalized spacial score (nSPS) is 16.3. The van der Waals surface area contributed by atoms with Crippen LogP contribution >= 0.6 is 23.2 Å². The van der Waals surface area contributed by atoms with E-state index in [1.54, 1.807) is 22.9 Å². The fourth-order valence-corrected chi connectivity index (χ4v) is 4.02. The van der Waals surface area contributed by atoms with E-state index in [0.29, 0.717) is 41.1 Å². The van der Waals surface area contributed by atoms with E-state index < -0.39 is 0 Å². The first kappa shape index (κ1) is 21.1. The summed E-state index contributed by atoms with van der Waals surface area (Å²) in [7, 11) is 0. The smallest absolute Gasteiger partial charge is 0.293 e. The van der Waals surface area contributed by atoms with Crippen LogP contribution < -0.4 is 0 Å². The van der Waals surface area contributed by atoms with E-state index in [1.165, 1.54) is 0 Å². The van der Waals surface area contributed by atoms with Crippen molar-refractivity contribution in [3.05, 3.63) is 39.9 Å². The maximum absolute atomic E-state index is 13.1. The Kier molecular flexibility index (Phi) is 6.32. The molecule has 2 heterocycles. The molecule has 0 N–H and O–H groups in total. The molecule has 8 heteroatoms.